The van der Waals surface area contributed by atoms with Crippen molar-refractivity contribution in [1.82, 2.24) is 4.98 Å². The van der Waals surface area contributed by atoms with Gasteiger partial charge in [0.2, 0.25) is 5.88 Å². The van der Waals surface area contributed by atoms with E-state index in [-0.39, 0.29) is 15.9 Å². The first-order chi connectivity index (χ1) is 8.80. The van der Waals surface area contributed by atoms with Crippen LogP contribution in [0.2, 0.25) is 0 Å². The SMILES string of the molecule is CCOC(=O)c1c(OC(F)(F)F)ncc(OC)c1I. The van der Waals surface area contributed by atoms with Gasteiger partial charge < -0.3 is 14.2 Å². The molecule has 0 aliphatic heterocycles. The van der Waals surface area contributed by atoms with Gasteiger partial charge in [-0.3, -0.25) is 0 Å². The van der Waals surface area contributed by atoms with Gasteiger partial charge in [0.05, 0.1) is 23.5 Å². The Morgan fingerprint density at radius 1 is 1.47 bits per heavy atom. The highest BCUT2D eigenvalue weighted by molar-refractivity contribution is 14.1. The Balaban J connectivity index is 3.30. The smallest absolute Gasteiger partial charge is 0.494 e. The number of pyridine rings is 1. The predicted molar refractivity (Wildman–Crippen MR) is 66.1 cm³/mol. The van der Waals surface area contributed by atoms with Crippen LogP contribution in [0.15, 0.2) is 6.20 Å². The Bertz CT molecular complexity index is 479. The first-order valence-electron chi connectivity index (χ1n) is 4.95. The number of hydrogen-bond acceptors (Lipinski definition) is 5. The molecule has 0 aliphatic carbocycles. The normalized spacial score (nSPS) is 11.1. The van der Waals surface area contributed by atoms with Crippen LogP contribution in [-0.4, -0.2) is 31.0 Å². The van der Waals surface area contributed by atoms with Crippen molar-refractivity contribution in [2.24, 2.45) is 0 Å². The molecule has 0 aromatic carbocycles. The van der Waals surface area contributed by atoms with E-state index in [0.717, 1.165) is 6.20 Å². The fraction of sp³-hybridized carbons (Fsp3) is 0.400. The molecule has 0 bridgehead atoms. The van der Waals surface area contributed by atoms with E-state index in [0.29, 0.717) is 0 Å². The number of alkyl halides is 3. The predicted octanol–water partition coefficient (Wildman–Crippen LogP) is 2.77. The lowest BCUT2D eigenvalue weighted by atomic mass is 10.2. The molecule has 106 valence electrons. The minimum Gasteiger partial charge on any atom is -0.494 e. The molecule has 1 aromatic heterocycles. The maximum absolute atomic E-state index is 12.2. The molecular formula is C10H9F3INO4. The zero-order chi connectivity index (χ0) is 14.6. The lowest BCUT2D eigenvalue weighted by Gasteiger charge is -2.14. The summed E-state index contributed by atoms with van der Waals surface area (Å²) in [5.41, 5.74) is -0.417. The van der Waals surface area contributed by atoms with Gasteiger partial charge in [-0.05, 0) is 29.5 Å². The topological polar surface area (TPSA) is 57.7 Å². The molecule has 1 rings (SSSR count). The van der Waals surface area contributed by atoms with E-state index in [1.165, 1.54) is 14.0 Å². The van der Waals surface area contributed by atoms with Crippen molar-refractivity contribution >= 4 is 28.6 Å². The molecule has 0 fully saturated rings. The number of nitrogens with zero attached hydrogens (tertiary/aromatic N) is 1. The Morgan fingerprint density at radius 3 is 2.58 bits per heavy atom. The molecule has 0 saturated carbocycles. The number of methoxy groups -OCH3 is 1. The number of ether oxygens (including phenoxy) is 3. The molecule has 1 aromatic rings. The van der Waals surface area contributed by atoms with Gasteiger partial charge in [0, 0.05) is 0 Å². The van der Waals surface area contributed by atoms with Gasteiger partial charge in [-0.2, -0.15) is 0 Å². The molecule has 0 atom stereocenters. The molecular weight excluding hydrogens is 382 g/mol. The number of rotatable bonds is 4. The molecule has 0 radical (unpaired) electrons. The minimum absolute atomic E-state index is 0.0115. The van der Waals surface area contributed by atoms with Crippen LogP contribution in [0.3, 0.4) is 0 Å². The van der Waals surface area contributed by atoms with Crippen LogP contribution in [0.25, 0.3) is 0 Å². The standard InChI is InChI=1S/C10H9F3INO4/c1-3-18-9(16)6-7(14)5(17-2)4-15-8(6)19-10(11,12)13/h4H,3H2,1-2H3. The number of esters is 1. The summed E-state index contributed by atoms with van der Waals surface area (Å²) in [6.45, 7) is 1.54. The van der Waals surface area contributed by atoms with E-state index in [9.17, 15) is 18.0 Å². The van der Waals surface area contributed by atoms with Gasteiger partial charge >= 0.3 is 12.3 Å². The second-order valence-electron chi connectivity index (χ2n) is 3.09. The van der Waals surface area contributed by atoms with E-state index in [1.807, 2.05) is 0 Å². The summed E-state index contributed by atoms with van der Waals surface area (Å²) in [7, 11) is 1.30. The number of hydrogen-bond donors (Lipinski definition) is 0. The van der Waals surface area contributed by atoms with Crippen LogP contribution in [0.1, 0.15) is 17.3 Å². The fourth-order valence-electron chi connectivity index (χ4n) is 1.17. The van der Waals surface area contributed by atoms with E-state index >= 15 is 0 Å². The van der Waals surface area contributed by atoms with Crippen LogP contribution in [0.5, 0.6) is 11.6 Å². The van der Waals surface area contributed by atoms with Crippen molar-refractivity contribution < 1.29 is 32.2 Å². The highest BCUT2D eigenvalue weighted by Crippen LogP contribution is 2.32. The maximum Gasteiger partial charge on any atom is 0.574 e. The van der Waals surface area contributed by atoms with E-state index in [1.54, 1.807) is 22.6 Å². The number of carbonyl (C=O) groups excluding carboxylic acids is 1. The first-order valence-corrected chi connectivity index (χ1v) is 6.03. The Labute approximate surface area is 120 Å². The van der Waals surface area contributed by atoms with Crippen LogP contribution in [-0.2, 0) is 4.74 Å². The summed E-state index contributed by atoms with van der Waals surface area (Å²) in [6, 6.07) is 0. The molecule has 0 N–H and O–H groups in total. The molecule has 1 heterocycles. The van der Waals surface area contributed by atoms with Gasteiger partial charge in [0.1, 0.15) is 5.56 Å². The van der Waals surface area contributed by atoms with Gasteiger partial charge in [-0.1, -0.05) is 0 Å². The maximum atomic E-state index is 12.2. The second kappa shape index (κ2) is 6.26. The van der Waals surface area contributed by atoms with Crippen molar-refractivity contribution in [2.45, 2.75) is 13.3 Å². The van der Waals surface area contributed by atoms with Crippen molar-refractivity contribution in [1.29, 1.82) is 0 Å². The fourth-order valence-corrected chi connectivity index (χ4v) is 1.98. The number of carbonyl (C=O) groups is 1. The number of halogens is 4. The zero-order valence-corrected chi connectivity index (χ0v) is 12.0. The lowest BCUT2D eigenvalue weighted by Crippen LogP contribution is -2.21. The van der Waals surface area contributed by atoms with Gasteiger partial charge in [0.15, 0.2) is 5.75 Å². The molecule has 0 saturated heterocycles. The highest BCUT2D eigenvalue weighted by atomic mass is 127. The third-order valence-corrected chi connectivity index (χ3v) is 2.93. The third kappa shape index (κ3) is 4.11. The molecule has 9 heteroatoms. The molecule has 0 amide bonds. The van der Waals surface area contributed by atoms with Crippen LogP contribution < -0.4 is 9.47 Å². The first kappa shape index (κ1) is 15.8. The van der Waals surface area contributed by atoms with E-state index in [4.69, 9.17) is 4.74 Å². The summed E-state index contributed by atoms with van der Waals surface area (Å²) < 4.78 is 50.1. The van der Waals surface area contributed by atoms with Crippen LogP contribution in [0, 0.1) is 3.57 Å². The Morgan fingerprint density at radius 2 is 2.11 bits per heavy atom. The van der Waals surface area contributed by atoms with Gasteiger partial charge in [0.25, 0.3) is 0 Å². The van der Waals surface area contributed by atoms with E-state index in [2.05, 4.69) is 14.5 Å². The Hall–Kier alpha value is -1.26. The van der Waals surface area contributed by atoms with Crippen LogP contribution >= 0.6 is 22.6 Å². The summed E-state index contributed by atoms with van der Waals surface area (Å²) >= 11 is 1.66. The third-order valence-electron chi connectivity index (χ3n) is 1.86. The summed E-state index contributed by atoms with van der Waals surface area (Å²) in [4.78, 5) is 15.1. The van der Waals surface area contributed by atoms with Gasteiger partial charge in [-0.25, -0.2) is 9.78 Å². The molecule has 0 spiro atoms. The largest absolute Gasteiger partial charge is 0.574 e. The van der Waals surface area contributed by atoms with Crippen molar-refractivity contribution in [3.8, 4) is 11.6 Å². The van der Waals surface area contributed by atoms with Crippen LogP contribution in [0.4, 0.5) is 13.2 Å². The molecule has 5 nitrogen and oxygen atoms in total. The average Bonchev–Trinajstić information content (AvgIpc) is 2.27. The molecule has 0 unspecified atom stereocenters. The second-order valence-corrected chi connectivity index (χ2v) is 4.17. The molecule has 19 heavy (non-hydrogen) atoms. The molecule has 0 aliphatic rings. The summed E-state index contributed by atoms with van der Waals surface area (Å²) in [6.07, 6.45) is -3.92. The summed E-state index contributed by atoms with van der Waals surface area (Å²) in [5, 5.41) is 0. The van der Waals surface area contributed by atoms with E-state index < -0.39 is 23.8 Å². The van der Waals surface area contributed by atoms with Gasteiger partial charge in [-0.15, -0.1) is 13.2 Å². The quantitative estimate of drug-likeness (QED) is 0.584. The summed E-state index contributed by atoms with van der Waals surface area (Å²) in [5.74, 6) is -1.67. The highest BCUT2D eigenvalue weighted by Gasteiger charge is 2.35. The number of aromatic nitrogens is 1. The monoisotopic (exact) mass is 391 g/mol. The average molecular weight is 391 g/mol. The van der Waals surface area contributed by atoms with Crippen molar-refractivity contribution in [2.75, 3.05) is 13.7 Å². The van der Waals surface area contributed by atoms with Crippen molar-refractivity contribution in [3.05, 3.63) is 15.3 Å². The minimum atomic E-state index is -4.95. The zero-order valence-electron chi connectivity index (χ0n) is 9.88. The Kier molecular flexibility index (Phi) is 5.20. The van der Waals surface area contributed by atoms with Crippen molar-refractivity contribution in [3.63, 3.8) is 0 Å². The lowest BCUT2D eigenvalue weighted by molar-refractivity contribution is -0.276.